The predicted molar refractivity (Wildman–Crippen MR) is 89.2 cm³/mol. The van der Waals surface area contributed by atoms with Crippen LogP contribution in [0, 0.1) is 0 Å². The average Bonchev–Trinajstić information content (AvgIpc) is 2.91. The summed E-state index contributed by atoms with van der Waals surface area (Å²) in [6.45, 7) is 2.90. The van der Waals surface area contributed by atoms with Crippen LogP contribution < -0.4 is 10.9 Å². The number of unbranched alkanes of at least 4 members (excludes halogenated alkanes) is 9. The Bertz CT molecular complexity index is 439. The second-order valence-electron chi connectivity index (χ2n) is 5.45. The van der Waals surface area contributed by atoms with Crippen molar-refractivity contribution in [1.29, 1.82) is 0 Å². The highest BCUT2D eigenvalue weighted by molar-refractivity contribution is 7.05. The van der Waals surface area contributed by atoms with Gasteiger partial charge in [-0.1, -0.05) is 76.2 Å². The van der Waals surface area contributed by atoms with Crippen LogP contribution in [-0.4, -0.2) is 16.5 Å². The largest absolute Gasteiger partial charge is 0.338 e. The first-order chi connectivity index (χ1) is 10.3. The minimum Gasteiger partial charge on any atom is -0.337 e. The van der Waals surface area contributed by atoms with E-state index in [0.29, 0.717) is 6.54 Å². The Morgan fingerprint density at radius 3 is 2.14 bits per heavy atom. The maximum Gasteiger partial charge on any atom is 0.338 e. The van der Waals surface area contributed by atoms with Gasteiger partial charge in [0.15, 0.2) is 0 Å². The molecule has 21 heavy (non-hydrogen) atoms. The highest BCUT2D eigenvalue weighted by Gasteiger charge is 2.06. The lowest BCUT2D eigenvalue weighted by Gasteiger charge is -2.04. The van der Waals surface area contributed by atoms with Crippen molar-refractivity contribution in [3.63, 3.8) is 0 Å². The smallest absolute Gasteiger partial charge is 0.337 e. The van der Waals surface area contributed by atoms with E-state index in [9.17, 15) is 9.59 Å². The molecule has 1 rings (SSSR count). The summed E-state index contributed by atoms with van der Waals surface area (Å²) in [5.74, 6) is 0. The highest BCUT2D eigenvalue weighted by Crippen LogP contribution is 2.10. The van der Waals surface area contributed by atoms with Crippen LogP contribution >= 0.6 is 11.5 Å². The predicted octanol–water partition coefficient (Wildman–Crippen LogP) is 4.39. The molecule has 5 heteroatoms. The quantitative estimate of drug-likeness (QED) is 0.616. The van der Waals surface area contributed by atoms with Crippen LogP contribution in [0.4, 0.5) is 4.79 Å². The van der Waals surface area contributed by atoms with Gasteiger partial charge in [0.2, 0.25) is 0 Å². The number of hydrogen-bond acceptors (Lipinski definition) is 3. The lowest BCUT2D eigenvalue weighted by molar-refractivity contribution is 0.243. The van der Waals surface area contributed by atoms with Crippen LogP contribution in [0.1, 0.15) is 71.1 Å². The van der Waals surface area contributed by atoms with Gasteiger partial charge in [-0.3, -0.25) is 4.79 Å². The Balaban J connectivity index is 1.90. The third-order valence-electron chi connectivity index (χ3n) is 3.57. The van der Waals surface area contributed by atoms with Gasteiger partial charge in [0, 0.05) is 18.0 Å². The van der Waals surface area contributed by atoms with E-state index < -0.39 is 0 Å². The first-order valence-electron chi connectivity index (χ1n) is 8.21. The minimum atomic E-state index is -0.300. The number of rotatable bonds is 11. The molecule has 0 aromatic carbocycles. The summed E-state index contributed by atoms with van der Waals surface area (Å²) in [7, 11) is 0. The molecule has 0 bridgehead atoms. The highest BCUT2D eigenvalue weighted by atomic mass is 32.1. The molecule has 0 spiro atoms. The van der Waals surface area contributed by atoms with Gasteiger partial charge in [-0.05, 0) is 6.42 Å². The molecular formula is C16H28N2O2S. The van der Waals surface area contributed by atoms with Gasteiger partial charge in [-0.15, -0.1) is 0 Å². The van der Waals surface area contributed by atoms with E-state index in [4.69, 9.17) is 0 Å². The maximum atomic E-state index is 11.6. The SMILES string of the molecule is CCCCCCCCCCCCNC(=O)n1sccc1=O. The van der Waals surface area contributed by atoms with Crippen molar-refractivity contribution in [2.24, 2.45) is 0 Å². The zero-order valence-electron chi connectivity index (χ0n) is 13.1. The molecule has 0 unspecified atom stereocenters. The fourth-order valence-corrected chi connectivity index (χ4v) is 2.92. The standard InChI is InChI=1S/C16H28N2O2S/c1-2-3-4-5-6-7-8-9-10-11-13-17-16(20)18-15(19)12-14-21-18/h12,14H,2-11,13H2,1H3,(H,17,20). The topological polar surface area (TPSA) is 51.1 Å². The first kappa shape index (κ1) is 18.0. The summed E-state index contributed by atoms with van der Waals surface area (Å²) < 4.78 is 1.15. The summed E-state index contributed by atoms with van der Waals surface area (Å²) in [6.07, 6.45) is 12.8. The van der Waals surface area contributed by atoms with Crippen LogP contribution in [0.5, 0.6) is 0 Å². The van der Waals surface area contributed by atoms with Gasteiger partial charge in [0.05, 0.1) is 0 Å². The van der Waals surface area contributed by atoms with E-state index in [1.54, 1.807) is 5.38 Å². The van der Waals surface area contributed by atoms with Crippen molar-refractivity contribution in [2.45, 2.75) is 71.1 Å². The zero-order chi connectivity index (χ0) is 15.3. The number of amides is 1. The molecule has 0 aliphatic carbocycles. The summed E-state index contributed by atoms with van der Waals surface area (Å²) in [6, 6.07) is 1.11. The molecule has 0 radical (unpaired) electrons. The van der Waals surface area contributed by atoms with Gasteiger partial charge in [-0.2, -0.15) is 3.96 Å². The Morgan fingerprint density at radius 1 is 1.05 bits per heavy atom. The first-order valence-corrected chi connectivity index (χ1v) is 9.04. The number of carbonyl (C=O) groups is 1. The molecule has 0 atom stereocenters. The fraction of sp³-hybridized carbons (Fsp3) is 0.750. The van der Waals surface area contributed by atoms with Crippen LogP contribution in [0.15, 0.2) is 16.2 Å². The van der Waals surface area contributed by atoms with Crippen molar-refractivity contribution in [1.82, 2.24) is 9.27 Å². The van der Waals surface area contributed by atoms with Crippen molar-refractivity contribution in [2.75, 3.05) is 6.54 Å². The summed E-state index contributed by atoms with van der Waals surface area (Å²) in [5.41, 5.74) is -0.249. The number of carbonyl (C=O) groups excluding carboxylic acids is 1. The van der Waals surface area contributed by atoms with Gasteiger partial charge in [0.25, 0.3) is 5.56 Å². The van der Waals surface area contributed by atoms with Gasteiger partial charge < -0.3 is 5.32 Å². The average molecular weight is 312 g/mol. The maximum absolute atomic E-state index is 11.6. The van der Waals surface area contributed by atoms with E-state index >= 15 is 0 Å². The summed E-state index contributed by atoms with van der Waals surface area (Å²) >= 11 is 1.13. The monoisotopic (exact) mass is 312 g/mol. The van der Waals surface area contributed by atoms with Gasteiger partial charge >= 0.3 is 6.03 Å². The second kappa shape index (κ2) is 11.5. The molecule has 1 aromatic rings. The van der Waals surface area contributed by atoms with Gasteiger partial charge in [0.1, 0.15) is 0 Å². The van der Waals surface area contributed by atoms with Crippen molar-refractivity contribution >= 4 is 17.6 Å². The molecule has 1 heterocycles. The van der Waals surface area contributed by atoms with Crippen molar-refractivity contribution in [3.8, 4) is 0 Å². The molecule has 0 saturated carbocycles. The summed E-state index contributed by atoms with van der Waals surface area (Å²) in [5, 5.41) is 4.41. The number of aromatic nitrogens is 1. The molecule has 4 nitrogen and oxygen atoms in total. The number of nitrogens with one attached hydrogen (secondary N) is 1. The Hall–Kier alpha value is -1.10. The van der Waals surface area contributed by atoms with Crippen molar-refractivity contribution < 1.29 is 4.79 Å². The third-order valence-corrected chi connectivity index (χ3v) is 4.38. The minimum absolute atomic E-state index is 0.249. The fourth-order valence-electron chi connectivity index (χ4n) is 2.30. The van der Waals surface area contributed by atoms with E-state index in [2.05, 4.69) is 12.2 Å². The van der Waals surface area contributed by atoms with Crippen LogP contribution in [0.25, 0.3) is 0 Å². The lowest BCUT2D eigenvalue weighted by atomic mass is 10.1. The summed E-state index contributed by atoms with van der Waals surface area (Å²) in [4.78, 5) is 22.9. The molecule has 0 saturated heterocycles. The molecule has 1 aromatic heterocycles. The second-order valence-corrected chi connectivity index (χ2v) is 6.30. The molecule has 0 aliphatic heterocycles. The van der Waals surface area contributed by atoms with E-state index in [0.717, 1.165) is 28.3 Å². The molecule has 1 N–H and O–H groups in total. The van der Waals surface area contributed by atoms with Crippen LogP contribution in [-0.2, 0) is 0 Å². The normalized spacial score (nSPS) is 10.7. The Morgan fingerprint density at radius 2 is 1.62 bits per heavy atom. The van der Waals surface area contributed by atoms with Crippen LogP contribution in [0.2, 0.25) is 0 Å². The van der Waals surface area contributed by atoms with Crippen LogP contribution in [0.3, 0.4) is 0 Å². The molecule has 0 aliphatic rings. The van der Waals surface area contributed by atoms with Crippen molar-refractivity contribution in [3.05, 3.63) is 21.8 Å². The Kier molecular flexibility index (Phi) is 9.87. The van der Waals surface area contributed by atoms with E-state index in [1.807, 2.05) is 0 Å². The third kappa shape index (κ3) is 8.05. The van der Waals surface area contributed by atoms with E-state index in [-0.39, 0.29) is 11.6 Å². The number of nitrogens with zero attached hydrogens (tertiary/aromatic N) is 1. The molecule has 0 fully saturated rings. The zero-order valence-corrected chi connectivity index (χ0v) is 13.9. The molecular weight excluding hydrogens is 284 g/mol. The Labute approximate surface area is 131 Å². The van der Waals surface area contributed by atoms with Gasteiger partial charge in [-0.25, -0.2) is 4.79 Å². The lowest BCUT2D eigenvalue weighted by Crippen LogP contribution is -2.33. The number of hydrogen-bond donors (Lipinski definition) is 1. The van der Waals surface area contributed by atoms with E-state index in [1.165, 1.54) is 57.4 Å². The molecule has 1 amide bonds. The molecule has 120 valence electrons.